The number of halogens is 2. The van der Waals surface area contributed by atoms with Gasteiger partial charge in [-0.1, -0.05) is 19.1 Å². The third-order valence-corrected chi connectivity index (χ3v) is 5.85. The summed E-state index contributed by atoms with van der Waals surface area (Å²) >= 11 is 3.06. The zero-order chi connectivity index (χ0) is 21.0. The zero-order valence-electron chi connectivity index (χ0n) is 15.9. The number of benzene rings is 2. The molecule has 3 rings (SSSR count). The highest BCUT2D eigenvalue weighted by Gasteiger charge is 2.34. The van der Waals surface area contributed by atoms with Crippen molar-refractivity contribution >= 4 is 51.6 Å². The van der Waals surface area contributed by atoms with E-state index in [0.717, 1.165) is 20.9 Å². The van der Waals surface area contributed by atoms with Gasteiger partial charge in [0.25, 0.3) is 11.1 Å². The number of nitrogens with zero attached hydrogens (tertiary/aromatic N) is 1. The molecule has 2 aromatic carbocycles. The Hall–Kier alpha value is -2.07. The zero-order valence-corrected chi connectivity index (χ0v) is 18.9. The van der Waals surface area contributed by atoms with Crippen LogP contribution in [0.1, 0.15) is 24.5 Å². The van der Waals surface area contributed by atoms with Crippen molar-refractivity contribution in [1.82, 2.24) is 4.90 Å². The molecule has 1 aliphatic rings. The first-order valence-electron chi connectivity index (χ1n) is 8.93. The summed E-state index contributed by atoms with van der Waals surface area (Å²) in [7, 11) is 1.53. The van der Waals surface area contributed by atoms with Gasteiger partial charge in [-0.15, -0.1) is 0 Å². The highest BCUT2D eigenvalue weighted by Crippen LogP contribution is 2.37. The Morgan fingerprint density at radius 3 is 2.72 bits per heavy atom. The molecule has 0 aliphatic carbocycles. The standard InChI is InChI=1S/C21H19FINO4S/c1-3-7-24-20(25)18(29-21(24)26)11-14-9-16(23)19(17(10-14)27-2)28-12-13-5-4-6-15(22)8-13/h4-6,8-11H,3,7,12H2,1-2H3/b18-11+. The molecular weight excluding hydrogens is 508 g/mol. The quantitative estimate of drug-likeness (QED) is 0.354. The number of carbonyl (C=O) groups excluding carboxylic acids is 2. The van der Waals surface area contributed by atoms with Crippen LogP contribution in [0.4, 0.5) is 9.18 Å². The van der Waals surface area contributed by atoms with Crippen molar-refractivity contribution in [3.63, 3.8) is 0 Å². The van der Waals surface area contributed by atoms with Crippen LogP contribution in [0.25, 0.3) is 6.08 Å². The van der Waals surface area contributed by atoms with Gasteiger partial charge >= 0.3 is 0 Å². The Labute approximate surface area is 186 Å². The lowest BCUT2D eigenvalue weighted by molar-refractivity contribution is -0.122. The number of methoxy groups -OCH3 is 1. The van der Waals surface area contributed by atoms with Crippen molar-refractivity contribution in [2.75, 3.05) is 13.7 Å². The Morgan fingerprint density at radius 2 is 2.03 bits per heavy atom. The van der Waals surface area contributed by atoms with Crippen molar-refractivity contribution in [3.05, 3.63) is 61.8 Å². The van der Waals surface area contributed by atoms with Crippen LogP contribution in [0.2, 0.25) is 0 Å². The molecular formula is C21H19FINO4S. The molecule has 0 N–H and O–H groups in total. The summed E-state index contributed by atoms with van der Waals surface area (Å²) in [6.45, 7) is 2.53. The van der Waals surface area contributed by atoms with Gasteiger partial charge in [-0.25, -0.2) is 4.39 Å². The second kappa shape index (κ2) is 9.62. The van der Waals surface area contributed by atoms with E-state index in [1.54, 1.807) is 24.3 Å². The van der Waals surface area contributed by atoms with Crippen molar-refractivity contribution in [3.8, 4) is 11.5 Å². The third-order valence-electron chi connectivity index (χ3n) is 4.14. The summed E-state index contributed by atoms with van der Waals surface area (Å²) in [5, 5.41) is -0.250. The average Bonchev–Trinajstić information content (AvgIpc) is 2.94. The minimum atomic E-state index is -0.319. The fraction of sp³-hybridized carbons (Fsp3) is 0.238. The lowest BCUT2D eigenvalue weighted by Crippen LogP contribution is -2.28. The molecule has 5 nitrogen and oxygen atoms in total. The summed E-state index contributed by atoms with van der Waals surface area (Å²) in [6.07, 6.45) is 2.40. The van der Waals surface area contributed by atoms with Crippen molar-refractivity contribution in [2.24, 2.45) is 0 Å². The van der Waals surface area contributed by atoms with Gasteiger partial charge in [-0.3, -0.25) is 14.5 Å². The van der Waals surface area contributed by atoms with Crippen LogP contribution < -0.4 is 9.47 Å². The van der Waals surface area contributed by atoms with E-state index in [0.29, 0.717) is 34.9 Å². The number of hydrogen-bond acceptors (Lipinski definition) is 5. The van der Waals surface area contributed by atoms with Crippen LogP contribution in [0.15, 0.2) is 41.3 Å². The molecule has 152 valence electrons. The van der Waals surface area contributed by atoms with Gasteiger partial charge in [0.05, 0.1) is 15.6 Å². The lowest BCUT2D eigenvalue weighted by Gasteiger charge is -2.14. The van der Waals surface area contributed by atoms with Crippen LogP contribution >= 0.6 is 34.4 Å². The lowest BCUT2D eigenvalue weighted by atomic mass is 10.1. The Balaban J connectivity index is 1.83. The van der Waals surface area contributed by atoms with Crippen molar-refractivity contribution in [2.45, 2.75) is 20.0 Å². The minimum absolute atomic E-state index is 0.194. The van der Waals surface area contributed by atoms with Gasteiger partial charge < -0.3 is 9.47 Å². The summed E-state index contributed by atoms with van der Waals surface area (Å²) in [6, 6.07) is 9.80. The molecule has 0 saturated carbocycles. The van der Waals surface area contributed by atoms with E-state index in [-0.39, 0.29) is 23.6 Å². The van der Waals surface area contributed by atoms with Crippen molar-refractivity contribution in [1.29, 1.82) is 0 Å². The van der Waals surface area contributed by atoms with E-state index in [1.165, 1.54) is 24.1 Å². The normalized spacial score (nSPS) is 15.3. The molecule has 0 atom stereocenters. The summed E-state index contributed by atoms with van der Waals surface area (Å²) in [5.74, 6) is 0.434. The molecule has 0 bridgehead atoms. The molecule has 8 heteroatoms. The minimum Gasteiger partial charge on any atom is -0.493 e. The third kappa shape index (κ3) is 5.11. The number of carbonyl (C=O) groups is 2. The Bertz CT molecular complexity index is 979. The van der Waals surface area contributed by atoms with Gasteiger partial charge in [0.2, 0.25) is 0 Å². The monoisotopic (exact) mass is 527 g/mol. The van der Waals surface area contributed by atoms with E-state index in [9.17, 15) is 14.0 Å². The summed E-state index contributed by atoms with van der Waals surface area (Å²) in [4.78, 5) is 26.1. The average molecular weight is 527 g/mol. The van der Waals surface area contributed by atoms with Gasteiger partial charge in [0.15, 0.2) is 11.5 Å². The molecule has 2 amide bonds. The maximum Gasteiger partial charge on any atom is 0.293 e. The van der Waals surface area contributed by atoms with Crippen LogP contribution in [0.3, 0.4) is 0 Å². The van der Waals surface area contributed by atoms with E-state index < -0.39 is 0 Å². The van der Waals surface area contributed by atoms with Gasteiger partial charge in [0, 0.05) is 6.54 Å². The molecule has 1 saturated heterocycles. The number of rotatable bonds is 7. The molecule has 1 fully saturated rings. The highest BCUT2D eigenvalue weighted by atomic mass is 127. The molecule has 1 aliphatic heterocycles. The summed E-state index contributed by atoms with van der Waals surface area (Å²) in [5.41, 5.74) is 1.43. The molecule has 0 spiro atoms. The predicted octanol–water partition coefficient (Wildman–Crippen LogP) is 5.46. The van der Waals surface area contributed by atoms with E-state index in [2.05, 4.69) is 22.6 Å². The Morgan fingerprint density at radius 1 is 1.24 bits per heavy atom. The van der Waals surface area contributed by atoms with Crippen LogP contribution in [-0.2, 0) is 11.4 Å². The van der Waals surface area contributed by atoms with Gasteiger partial charge in [0.1, 0.15) is 12.4 Å². The van der Waals surface area contributed by atoms with Crippen LogP contribution in [0, 0.1) is 9.39 Å². The first-order chi connectivity index (χ1) is 13.9. The molecule has 2 aromatic rings. The molecule has 0 aromatic heterocycles. The van der Waals surface area contributed by atoms with Gasteiger partial charge in [-0.2, -0.15) is 0 Å². The number of amides is 2. The number of imide groups is 1. The maximum atomic E-state index is 13.4. The number of ether oxygens (including phenoxy) is 2. The van der Waals surface area contributed by atoms with Gasteiger partial charge in [-0.05, 0) is 82.2 Å². The van der Waals surface area contributed by atoms with Crippen molar-refractivity contribution < 1.29 is 23.5 Å². The molecule has 0 unspecified atom stereocenters. The van der Waals surface area contributed by atoms with E-state index in [4.69, 9.17) is 9.47 Å². The predicted molar refractivity (Wildman–Crippen MR) is 119 cm³/mol. The topological polar surface area (TPSA) is 55.8 Å². The molecule has 29 heavy (non-hydrogen) atoms. The number of hydrogen-bond donors (Lipinski definition) is 0. The van der Waals surface area contributed by atoms with E-state index >= 15 is 0 Å². The SMILES string of the molecule is CCCN1C(=O)S/C(=C/c2cc(I)c(OCc3cccc(F)c3)c(OC)c2)C1=O. The fourth-order valence-electron chi connectivity index (χ4n) is 2.81. The molecule has 0 radical (unpaired) electrons. The largest absolute Gasteiger partial charge is 0.493 e. The first kappa shape index (κ1) is 21.6. The highest BCUT2D eigenvalue weighted by molar-refractivity contribution is 14.1. The number of thioether (sulfide) groups is 1. The Kier molecular flexibility index (Phi) is 7.18. The maximum absolute atomic E-state index is 13.4. The second-order valence-corrected chi connectivity index (χ2v) is 8.44. The van der Waals surface area contributed by atoms with E-state index in [1.807, 2.05) is 13.0 Å². The fourth-order valence-corrected chi connectivity index (χ4v) is 4.46. The summed E-state index contributed by atoms with van der Waals surface area (Å²) < 4.78 is 25.4. The first-order valence-corrected chi connectivity index (χ1v) is 10.8. The van der Waals surface area contributed by atoms with Crippen LogP contribution in [-0.4, -0.2) is 29.7 Å². The van der Waals surface area contributed by atoms with Crippen LogP contribution in [0.5, 0.6) is 11.5 Å². The molecule has 1 heterocycles. The smallest absolute Gasteiger partial charge is 0.293 e. The second-order valence-electron chi connectivity index (χ2n) is 6.29.